The number of nitrogens with one attached hydrogen (secondary N) is 1. The van der Waals surface area contributed by atoms with Gasteiger partial charge in [-0.25, -0.2) is 4.39 Å². The number of benzene rings is 3. The number of hydrogen-bond acceptors (Lipinski definition) is 6. The van der Waals surface area contributed by atoms with Crippen LogP contribution in [-0.4, -0.2) is 54.6 Å². The molecule has 9 heteroatoms. The summed E-state index contributed by atoms with van der Waals surface area (Å²) in [5.41, 5.74) is 2.26. The van der Waals surface area contributed by atoms with Crippen molar-refractivity contribution in [3.63, 3.8) is 0 Å². The van der Waals surface area contributed by atoms with Gasteiger partial charge in [0.2, 0.25) is 5.43 Å². The normalized spacial score (nSPS) is 14.1. The Hall–Kier alpha value is -4.37. The van der Waals surface area contributed by atoms with Crippen LogP contribution >= 0.6 is 0 Å². The first-order valence-electron chi connectivity index (χ1n) is 15.8. The van der Waals surface area contributed by atoms with E-state index in [2.05, 4.69) is 24.1 Å². The zero-order valence-electron chi connectivity index (χ0n) is 25.2. The van der Waals surface area contributed by atoms with Crippen molar-refractivity contribution < 1.29 is 18.3 Å². The summed E-state index contributed by atoms with van der Waals surface area (Å²) in [5.74, 6) is -0.196. The van der Waals surface area contributed by atoms with E-state index < -0.39 is 17.2 Å². The van der Waals surface area contributed by atoms with Gasteiger partial charge in [-0.05, 0) is 57.0 Å². The summed E-state index contributed by atoms with van der Waals surface area (Å²) >= 11 is 0. The molecule has 0 aliphatic carbocycles. The van der Waals surface area contributed by atoms with E-state index in [4.69, 9.17) is 9.15 Å². The number of aromatic nitrogens is 1. The summed E-state index contributed by atoms with van der Waals surface area (Å²) in [6.45, 7) is 8.74. The molecule has 0 unspecified atom stereocenters. The highest BCUT2D eigenvalue weighted by atomic mass is 19.1. The van der Waals surface area contributed by atoms with Gasteiger partial charge in [-0.3, -0.25) is 9.59 Å². The fourth-order valence-electron chi connectivity index (χ4n) is 6.68. The number of carbonyl (C=O) groups is 1. The van der Waals surface area contributed by atoms with Crippen LogP contribution in [-0.2, 0) is 0 Å². The molecule has 1 N–H and O–H groups in total. The second-order valence-corrected chi connectivity index (χ2v) is 11.8. The Labute approximate surface area is 255 Å². The first-order chi connectivity index (χ1) is 21.5. The van der Waals surface area contributed by atoms with E-state index >= 15 is 4.39 Å². The summed E-state index contributed by atoms with van der Waals surface area (Å²) in [7, 11) is 0. The third-order valence-corrected chi connectivity index (χ3v) is 8.85. The Balaban J connectivity index is 1.35. The molecule has 5 aromatic rings. The molecule has 2 aliphatic rings. The molecule has 0 bridgehead atoms. The Morgan fingerprint density at radius 1 is 0.977 bits per heavy atom. The zero-order valence-corrected chi connectivity index (χ0v) is 25.2. The number of halogens is 1. The predicted octanol–water partition coefficient (Wildman–Crippen LogP) is 6.98. The van der Waals surface area contributed by atoms with Crippen molar-refractivity contribution in [1.82, 2.24) is 14.8 Å². The van der Waals surface area contributed by atoms with Crippen LogP contribution in [0.1, 0.15) is 56.3 Å². The molecule has 0 spiro atoms. The van der Waals surface area contributed by atoms with Crippen LogP contribution in [0.5, 0.6) is 11.5 Å². The molecule has 3 aromatic carbocycles. The van der Waals surface area contributed by atoms with Gasteiger partial charge in [0.15, 0.2) is 17.3 Å². The monoisotopic (exact) mass is 596 g/mol. The molecule has 2 aliphatic heterocycles. The van der Waals surface area contributed by atoms with Gasteiger partial charge in [0.05, 0.1) is 11.1 Å². The van der Waals surface area contributed by atoms with E-state index in [1.807, 2.05) is 41.3 Å². The van der Waals surface area contributed by atoms with Crippen molar-refractivity contribution in [2.24, 2.45) is 0 Å². The van der Waals surface area contributed by atoms with Crippen LogP contribution in [0.4, 0.5) is 10.1 Å². The van der Waals surface area contributed by atoms with E-state index in [0.29, 0.717) is 60.2 Å². The van der Waals surface area contributed by atoms with Crippen molar-refractivity contribution in [2.75, 3.05) is 44.2 Å². The van der Waals surface area contributed by atoms with Gasteiger partial charge < -0.3 is 28.8 Å². The highest BCUT2D eigenvalue weighted by Crippen LogP contribution is 2.48. The molecule has 1 fully saturated rings. The molecule has 0 saturated carbocycles. The van der Waals surface area contributed by atoms with E-state index in [1.165, 1.54) is 6.07 Å². The van der Waals surface area contributed by atoms with Crippen LogP contribution in [0.25, 0.3) is 38.5 Å². The number of pyridine rings is 1. The second kappa shape index (κ2) is 11.6. The van der Waals surface area contributed by atoms with Gasteiger partial charge in [-0.2, -0.15) is 0 Å². The summed E-state index contributed by atoms with van der Waals surface area (Å²) in [4.78, 5) is 31.7. The predicted molar refractivity (Wildman–Crippen MR) is 172 cm³/mol. The smallest absolute Gasteiger partial charge is 0.256 e. The molecule has 8 nitrogen and oxygen atoms in total. The molecule has 1 amide bonds. The molecule has 228 valence electrons. The molecule has 44 heavy (non-hydrogen) atoms. The Kier molecular flexibility index (Phi) is 7.50. The summed E-state index contributed by atoms with van der Waals surface area (Å²) in [6, 6.07) is 12.8. The second-order valence-electron chi connectivity index (χ2n) is 11.8. The lowest BCUT2D eigenvalue weighted by Gasteiger charge is -2.29. The number of furan rings is 1. The fourth-order valence-corrected chi connectivity index (χ4v) is 6.68. The van der Waals surface area contributed by atoms with Crippen LogP contribution in [0.15, 0.2) is 57.9 Å². The minimum Gasteiger partial charge on any atom is -0.456 e. The van der Waals surface area contributed by atoms with E-state index in [0.717, 1.165) is 61.5 Å². The van der Waals surface area contributed by atoms with Crippen LogP contribution in [0.2, 0.25) is 0 Å². The van der Waals surface area contributed by atoms with Crippen molar-refractivity contribution in [2.45, 2.75) is 46.0 Å². The molecule has 0 radical (unpaired) electrons. The molecule has 2 aromatic heterocycles. The fraction of sp³-hybridized carbons (Fsp3) is 0.371. The third kappa shape index (κ3) is 4.79. The van der Waals surface area contributed by atoms with Gasteiger partial charge in [0, 0.05) is 49.2 Å². The zero-order chi connectivity index (χ0) is 30.4. The highest BCUT2D eigenvalue weighted by Gasteiger charge is 2.32. The number of amides is 1. The van der Waals surface area contributed by atoms with Crippen molar-refractivity contribution in [3.05, 3.63) is 70.3 Å². The average molecular weight is 597 g/mol. The molecule has 1 saturated heterocycles. The number of unbranched alkanes of at least 4 members (excludes halogenated alkanes) is 1. The maximum absolute atomic E-state index is 16.0. The number of para-hydroxylation sites is 1. The van der Waals surface area contributed by atoms with E-state index in [9.17, 15) is 9.59 Å². The van der Waals surface area contributed by atoms with Gasteiger partial charge in [-0.15, -0.1) is 0 Å². The summed E-state index contributed by atoms with van der Waals surface area (Å²) in [5, 5.41) is 4.88. The Morgan fingerprint density at radius 3 is 2.59 bits per heavy atom. The summed E-state index contributed by atoms with van der Waals surface area (Å²) < 4.78 is 30.4. The maximum Gasteiger partial charge on any atom is 0.256 e. The quantitative estimate of drug-likeness (QED) is 0.184. The van der Waals surface area contributed by atoms with Gasteiger partial charge in [0.25, 0.3) is 5.91 Å². The van der Waals surface area contributed by atoms with Crippen LogP contribution < -0.4 is 20.4 Å². The number of fused-ring (bicyclic) bond motifs is 5. The number of anilines is 1. The lowest BCUT2D eigenvalue weighted by atomic mass is 10.0. The standard InChI is InChI=1S/C35H37FN4O4/c1-3-5-14-38(13-4-2)17-12-37-35(42)25-21-40-27-20-29-23(22-10-6-7-11-28(22)43-29)19-30(27)44-34-31(40)24(33(25)41)18-26(36)32(34)39-15-8-9-16-39/h6-7,10-11,18-21H,3-5,8-9,12-17H2,1-2H3,(H,37,42). The first-order valence-corrected chi connectivity index (χ1v) is 15.8. The topological polar surface area (TPSA) is 80.0 Å². The SMILES string of the molecule is CCCCN(CCC)CCNC(=O)c1cn2c3c(c(N4CCCC4)c(F)cc3c1=O)Oc1cc3c(cc1-2)oc1ccccc13. The van der Waals surface area contributed by atoms with Crippen LogP contribution in [0, 0.1) is 5.82 Å². The highest BCUT2D eigenvalue weighted by molar-refractivity contribution is 6.07. The Morgan fingerprint density at radius 2 is 1.80 bits per heavy atom. The summed E-state index contributed by atoms with van der Waals surface area (Å²) in [6.07, 6.45) is 6.71. The molecule has 4 heterocycles. The number of rotatable bonds is 10. The molecular formula is C35H37FN4O4. The van der Waals surface area contributed by atoms with Crippen molar-refractivity contribution >= 4 is 44.4 Å². The number of nitrogens with zero attached hydrogens (tertiary/aromatic N) is 3. The Bertz CT molecular complexity index is 1960. The number of hydrogen-bond donors (Lipinski definition) is 1. The average Bonchev–Trinajstić information content (AvgIpc) is 3.68. The van der Waals surface area contributed by atoms with Crippen LogP contribution in [0.3, 0.4) is 0 Å². The minimum atomic E-state index is -0.528. The largest absolute Gasteiger partial charge is 0.456 e. The number of ether oxygens (including phenoxy) is 1. The lowest BCUT2D eigenvalue weighted by molar-refractivity contribution is 0.0946. The van der Waals surface area contributed by atoms with E-state index in [-0.39, 0.29) is 10.9 Å². The van der Waals surface area contributed by atoms with Gasteiger partial charge in [-0.1, -0.05) is 38.5 Å². The number of carbonyl (C=O) groups excluding carboxylic acids is 1. The molecule has 7 rings (SSSR count). The van der Waals surface area contributed by atoms with Crippen molar-refractivity contribution in [3.8, 4) is 17.2 Å². The van der Waals surface area contributed by atoms with E-state index in [1.54, 1.807) is 10.8 Å². The third-order valence-electron chi connectivity index (χ3n) is 8.85. The lowest BCUT2D eigenvalue weighted by Crippen LogP contribution is -2.37. The van der Waals surface area contributed by atoms with Crippen molar-refractivity contribution in [1.29, 1.82) is 0 Å². The first kappa shape index (κ1) is 28.4. The van der Waals surface area contributed by atoms with Gasteiger partial charge in [0.1, 0.15) is 27.9 Å². The van der Waals surface area contributed by atoms with Gasteiger partial charge >= 0.3 is 0 Å². The molecular weight excluding hydrogens is 559 g/mol. The minimum absolute atomic E-state index is 0.0371. The molecule has 0 atom stereocenters. The maximum atomic E-state index is 16.0.